The monoisotopic (exact) mass is 381 g/mol. The van der Waals surface area contributed by atoms with Crippen LogP contribution < -0.4 is 10.1 Å². The Kier molecular flexibility index (Phi) is 5.94. The van der Waals surface area contributed by atoms with Gasteiger partial charge < -0.3 is 10.1 Å². The molecule has 3 aromatic rings. The van der Waals surface area contributed by atoms with Crippen LogP contribution >= 0.6 is 11.6 Å². The Hall–Kier alpha value is -3.05. The maximum absolute atomic E-state index is 12.2. The van der Waals surface area contributed by atoms with Gasteiger partial charge in [0.25, 0.3) is 0 Å². The number of rotatable bonds is 6. The van der Waals surface area contributed by atoms with Crippen LogP contribution in [0.4, 0.5) is 5.69 Å². The molecule has 3 rings (SSSR count). The van der Waals surface area contributed by atoms with Gasteiger partial charge in [-0.1, -0.05) is 41.9 Å². The summed E-state index contributed by atoms with van der Waals surface area (Å²) in [7, 11) is 1.60. The van der Waals surface area contributed by atoms with E-state index in [1.165, 1.54) is 6.08 Å². The van der Waals surface area contributed by atoms with Crippen molar-refractivity contribution in [3.05, 3.63) is 82.6 Å². The molecule has 0 fully saturated rings. The minimum Gasteiger partial charge on any atom is -0.497 e. The number of carbonyl (C=O) groups excluding carboxylic acids is 1. The van der Waals surface area contributed by atoms with Crippen LogP contribution in [0.3, 0.4) is 0 Å². The van der Waals surface area contributed by atoms with Crippen LogP contribution in [0.25, 0.3) is 6.08 Å². The number of methoxy groups -OCH3 is 1. The molecule has 0 saturated carbocycles. The zero-order valence-electron chi connectivity index (χ0n) is 15.1. The number of hydrogen-bond donors (Lipinski definition) is 1. The van der Waals surface area contributed by atoms with Crippen molar-refractivity contribution in [2.75, 3.05) is 12.4 Å². The van der Waals surface area contributed by atoms with Crippen LogP contribution in [0.15, 0.2) is 60.7 Å². The fourth-order valence-electron chi connectivity index (χ4n) is 2.63. The highest BCUT2D eigenvalue weighted by Crippen LogP contribution is 2.22. The van der Waals surface area contributed by atoms with E-state index in [-0.39, 0.29) is 5.91 Å². The SMILES string of the molecule is COc1ccc(NC(=O)/C=C/c2c(C)nn(Cc3ccccc3)c2Cl)cc1. The first-order valence-corrected chi connectivity index (χ1v) is 8.84. The van der Waals surface area contributed by atoms with Gasteiger partial charge in [-0.15, -0.1) is 0 Å². The normalized spacial score (nSPS) is 10.9. The molecule has 1 amide bonds. The Morgan fingerprint density at radius 2 is 1.89 bits per heavy atom. The molecule has 0 aliphatic carbocycles. The van der Waals surface area contributed by atoms with Gasteiger partial charge >= 0.3 is 0 Å². The zero-order valence-corrected chi connectivity index (χ0v) is 15.9. The molecule has 0 atom stereocenters. The van der Waals surface area contributed by atoms with E-state index < -0.39 is 0 Å². The van der Waals surface area contributed by atoms with Crippen molar-refractivity contribution in [3.63, 3.8) is 0 Å². The van der Waals surface area contributed by atoms with E-state index in [0.29, 0.717) is 17.4 Å². The molecular weight excluding hydrogens is 362 g/mol. The molecule has 1 aromatic heterocycles. The molecule has 0 unspecified atom stereocenters. The molecule has 0 radical (unpaired) electrons. The second-order valence-electron chi connectivity index (χ2n) is 5.98. The topological polar surface area (TPSA) is 56.1 Å². The number of hydrogen-bond acceptors (Lipinski definition) is 3. The summed E-state index contributed by atoms with van der Waals surface area (Å²) >= 11 is 6.46. The Morgan fingerprint density at radius 1 is 1.19 bits per heavy atom. The first-order valence-electron chi connectivity index (χ1n) is 8.47. The number of aryl methyl sites for hydroxylation is 1. The highest BCUT2D eigenvalue weighted by molar-refractivity contribution is 6.31. The molecule has 1 heterocycles. The summed E-state index contributed by atoms with van der Waals surface area (Å²) < 4.78 is 6.83. The van der Waals surface area contributed by atoms with E-state index in [1.54, 1.807) is 42.1 Å². The van der Waals surface area contributed by atoms with Gasteiger partial charge in [0.2, 0.25) is 5.91 Å². The molecule has 0 aliphatic heterocycles. The zero-order chi connectivity index (χ0) is 19.2. The van der Waals surface area contributed by atoms with Gasteiger partial charge in [-0.05, 0) is 42.8 Å². The van der Waals surface area contributed by atoms with E-state index in [2.05, 4.69) is 10.4 Å². The lowest BCUT2D eigenvalue weighted by Gasteiger charge is -2.04. The average molecular weight is 382 g/mol. The average Bonchev–Trinajstić information content (AvgIpc) is 2.94. The number of nitrogens with one attached hydrogen (secondary N) is 1. The van der Waals surface area contributed by atoms with Crippen molar-refractivity contribution in [2.24, 2.45) is 0 Å². The predicted octanol–water partition coefficient (Wildman–Crippen LogP) is 4.55. The molecule has 27 heavy (non-hydrogen) atoms. The van der Waals surface area contributed by atoms with Gasteiger partial charge in [-0.3, -0.25) is 4.79 Å². The number of ether oxygens (including phenoxy) is 1. The van der Waals surface area contributed by atoms with Crippen LogP contribution in [0.2, 0.25) is 5.15 Å². The lowest BCUT2D eigenvalue weighted by Crippen LogP contribution is -2.07. The smallest absolute Gasteiger partial charge is 0.248 e. The molecule has 138 valence electrons. The number of carbonyl (C=O) groups is 1. The van der Waals surface area contributed by atoms with Gasteiger partial charge in [0.1, 0.15) is 10.9 Å². The Bertz CT molecular complexity index is 948. The third-order valence-corrected chi connectivity index (χ3v) is 4.44. The summed E-state index contributed by atoms with van der Waals surface area (Å²) in [4.78, 5) is 12.2. The van der Waals surface area contributed by atoms with Crippen molar-refractivity contribution < 1.29 is 9.53 Å². The summed E-state index contributed by atoms with van der Waals surface area (Å²) in [5.41, 5.74) is 3.30. The molecule has 0 bridgehead atoms. The fraction of sp³-hybridized carbons (Fsp3) is 0.143. The second-order valence-corrected chi connectivity index (χ2v) is 6.34. The minimum atomic E-state index is -0.244. The maximum Gasteiger partial charge on any atom is 0.248 e. The summed E-state index contributed by atoms with van der Waals surface area (Å²) in [6.07, 6.45) is 3.14. The molecule has 5 nitrogen and oxygen atoms in total. The molecule has 0 saturated heterocycles. The molecule has 0 spiro atoms. The third kappa shape index (κ3) is 4.77. The van der Waals surface area contributed by atoms with Crippen molar-refractivity contribution in [1.29, 1.82) is 0 Å². The fourth-order valence-corrected chi connectivity index (χ4v) is 2.93. The lowest BCUT2D eigenvalue weighted by atomic mass is 10.2. The van der Waals surface area contributed by atoms with E-state index in [4.69, 9.17) is 16.3 Å². The highest BCUT2D eigenvalue weighted by Gasteiger charge is 2.11. The van der Waals surface area contributed by atoms with Gasteiger partial charge in [-0.25, -0.2) is 4.68 Å². The molecule has 2 aromatic carbocycles. The first-order chi connectivity index (χ1) is 13.1. The molecule has 6 heteroatoms. The quantitative estimate of drug-likeness (QED) is 0.637. The number of aromatic nitrogens is 2. The summed E-state index contributed by atoms with van der Waals surface area (Å²) in [5, 5.41) is 7.78. The van der Waals surface area contributed by atoms with E-state index in [0.717, 1.165) is 22.6 Å². The highest BCUT2D eigenvalue weighted by atomic mass is 35.5. The van der Waals surface area contributed by atoms with Crippen molar-refractivity contribution in [2.45, 2.75) is 13.5 Å². The number of anilines is 1. The van der Waals surface area contributed by atoms with Crippen LogP contribution in [-0.2, 0) is 11.3 Å². The van der Waals surface area contributed by atoms with Crippen LogP contribution in [0.5, 0.6) is 5.75 Å². The number of nitrogens with zero attached hydrogens (tertiary/aromatic N) is 2. The molecular formula is C21H20ClN3O2. The van der Waals surface area contributed by atoms with Crippen molar-refractivity contribution in [3.8, 4) is 5.75 Å². The van der Waals surface area contributed by atoms with Crippen molar-refractivity contribution >= 4 is 29.3 Å². The maximum atomic E-state index is 12.2. The number of benzene rings is 2. The summed E-state index contributed by atoms with van der Waals surface area (Å²) in [6, 6.07) is 17.1. The first kappa shape index (κ1) is 18.7. The predicted molar refractivity (Wildman–Crippen MR) is 108 cm³/mol. The van der Waals surface area contributed by atoms with Gasteiger partial charge in [0, 0.05) is 17.3 Å². The summed E-state index contributed by atoms with van der Waals surface area (Å²) in [5.74, 6) is 0.489. The third-order valence-electron chi connectivity index (χ3n) is 4.04. The minimum absolute atomic E-state index is 0.244. The largest absolute Gasteiger partial charge is 0.497 e. The van der Waals surface area contributed by atoms with Gasteiger partial charge in [0.05, 0.1) is 19.3 Å². The molecule has 0 aliphatic rings. The molecule has 1 N–H and O–H groups in total. The van der Waals surface area contributed by atoms with E-state index in [1.807, 2.05) is 37.3 Å². The van der Waals surface area contributed by atoms with E-state index in [9.17, 15) is 4.79 Å². The van der Waals surface area contributed by atoms with Gasteiger partial charge in [0.15, 0.2) is 0 Å². The Labute approximate surface area is 163 Å². The number of halogens is 1. The second kappa shape index (κ2) is 8.56. The summed E-state index contributed by atoms with van der Waals surface area (Å²) in [6.45, 7) is 2.45. The van der Waals surface area contributed by atoms with Gasteiger partial charge in [-0.2, -0.15) is 5.10 Å². The van der Waals surface area contributed by atoms with E-state index >= 15 is 0 Å². The Balaban J connectivity index is 1.69. The standard InChI is InChI=1S/C21H20ClN3O2/c1-15-19(21(22)25(24-15)14-16-6-4-3-5-7-16)12-13-20(26)23-17-8-10-18(27-2)11-9-17/h3-13H,14H2,1-2H3,(H,23,26)/b13-12+. The Morgan fingerprint density at radius 3 is 2.56 bits per heavy atom. The van der Waals surface area contributed by atoms with Crippen LogP contribution in [0.1, 0.15) is 16.8 Å². The van der Waals surface area contributed by atoms with Crippen molar-refractivity contribution in [1.82, 2.24) is 9.78 Å². The number of amides is 1. The lowest BCUT2D eigenvalue weighted by molar-refractivity contribution is -0.111. The van der Waals surface area contributed by atoms with Crippen LogP contribution in [-0.4, -0.2) is 22.8 Å². The van der Waals surface area contributed by atoms with Crippen LogP contribution in [0, 0.1) is 6.92 Å².